The summed E-state index contributed by atoms with van der Waals surface area (Å²) in [6, 6.07) is 0. The lowest BCUT2D eigenvalue weighted by molar-refractivity contribution is -0.170. The first kappa shape index (κ1) is 10.9. The molecule has 1 aliphatic carbocycles. The Bertz CT molecular complexity index is 143. The molecule has 78 valence electrons. The molecule has 1 saturated carbocycles. The largest absolute Gasteiger partial charge is 0.396 e. The molecule has 0 aromatic carbocycles. The summed E-state index contributed by atoms with van der Waals surface area (Å²) in [5, 5.41) is 37.0. The third-order valence-electron chi connectivity index (χ3n) is 2.64. The van der Waals surface area contributed by atoms with Crippen LogP contribution < -0.4 is 0 Å². The number of rotatable bonds is 2. The van der Waals surface area contributed by atoms with Gasteiger partial charge in [-0.25, -0.2) is 0 Å². The number of aliphatic hydroxyl groups is 4. The minimum Gasteiger partial charge on any atom is -0.396 e. The van der Waals surface area contributed by atoms with Gasteiger partial charge in [0.15, 0.2) is 0 Å². The van der Waals surface area contributed by atoms with Crippen LogP contribution in [0.25, 0.3) is 0 Å². The molecule has 5 heteroatoms. The van der Waals surface area contributed by atoms with E-state index in [4.69, 9.17) is 9.84 Å². The third kappa shape index (κ3) is 2.00. The van der Waals surface area contributed by atoms with Crippen LogP contribution in [0.1, 0.15) is 6.42 Å². The summed E-state index contributed by atoms with van der Waals surface area (Å²) >= 11 is 0. The van der Waals surface area contributed by atoms with Crippen molar-refractivity contribution in [1.82, 2.24) is 0 Å². The average molecular weight is 192 g/mol. The fourth-order valence-corrected chi connectivity index (χ4v) is 1.70. The molecule has 0 aromatic rings. The van der Waals surface area contributed by atoms with Gasteiger partial charge in [0.25, 0.3) is 0 Å². The summed E-state index contributed by atoms with van der Waals surface area (Å²) in [4.78, 5) is 0. The lowest BCUT2D eigenvalue weighted by Gasteiger charge is -2.38. The highest BCUT2D eigenvalue weighted by Crippen LogP contribution is 2.26. The van der Waals surface area contributed by atoms with E-state index in [-0.39, 0.29) is 6.61 Å². The van der Waals surface area contributed by atoms with Gasteiger partial charge in [0.05, 0.1) is 12.2 Å². The number of hydrogen-bond donors (Lipinski definition) is 4. The van der Waals surface area contributed by atoms with Crippen molar-refractivity contribution < 1.29 is 25.2 Å². The minimum atomic E-state index is -1.24. The summed E-state index contributed by atoms with van der Waals surface area (Å²) in [6.45, 7) is -0.217. The molecule has 0 aliphatic heterocycles. The van der Waals surface area contributed by atoms with Crippen LogP contribution in [0, 0.1) is 5.92 Å². The molecule has 0 saturated heterocycles. The third-order valence-corrected chi connectivity index (χ3v) is 2.64. The first-order valence-electron chi connectivity index (χ1n) is 4.29. The van der Waals surface area contributed by atoms with Crippen molar-refractivity contribution in [3.63, 3.8) is 0 Å². The van der Waals surface area contributed by atoms with Crippen molar-refractivity contribution in [2.24, 2.45) is 5.92 Å². The monoisotopic (exact) mass is 192 g/mol. The summed E-state index contributed by atoms with van der Waals surface area (Å²) in [5.41, 5.74) is 0. The van der Waals surface area contributed by atoms with Gasteiger partial charge in [-0.1, -0.05) is 0 Å². The van der Waals surface area contributed by atoms with E-state index in [1.54, 1.807) is 0 Å². The minimum absolute atomic E-state index is 0.217. The van der Waals surface area contributed by atoms with E-state index in [0.29, 0.717) is 6.42 Å². The Morgan fingerprint density at radius 3 is 2.23 bits per heavy atom. The Balaban J connectivity index is 2.66. The lowest BCUT2D eigenvalue weighted by Crippen LogP contribution is -2.54. The molecule has 0 radical (unpaired) electrons. The van der Waals surface area contributed by atoms with Crippen molar-refractivity contribution in [3.05, 3.63) is 0 Å². The topological polar surface area (TPSA) is 90.2 Å². The molecule has 1 fully saturated rings. The molecule has 0 amide bonds. The van der Waals surface area contributed by atoms with Gasteiger partial charge in [-0.15, -0.1) is 0 Å². The van der Waals surface area contributed by atoms with Crippen LogP contribution in [-0.2, 0) is 4.74 Å². The first-order chi connectivity index (χ1) is 6.11. The van der Waals surface area contributed by atoms with E-state index in [1.807, 2.05) is 0 Å². The second kappa shape index (κ2) is 4.34. The van der Waals surface area contributed by atoms with E-state index >= 15 is 0 Å². The molecule has 0 aromatic heterocycles. The van der Waals surface area contributed by atoms with Gasteiger partial charge in [0.2, 0.25) is 0 Å². The molecule has 5 atom stereocenters. The van der Waals surface area contributed by atoms with Crippen molar-refractivity contribution in [3.8, 4) is 0 Å². The van der Waals surface area contributed by atoms with E-state index in [1.165, 1.54) is 7.11 Å². The van der Waals surface area contributed by atoms with Crippen molar-refractivity contribution in [2.75, 3.05) is 13.7 Å². The van der Waals surface area contributed by atoms with Crippen molar-refractivity contribution >= 4 is 0 Å². The zero-order valence-corrected chi connectivity index (χ0v) is 7.50. The molecule has 13 heavy (non-hydrogen) atoms. The predicted molar refractivity (Wildman–Crippen MR) is 44.0 cm³/mol. The molecule has 1 rings (SSSR count). The summed E-state index contributed by atoms with van der Waals surface area (Å²) in [6.07, 6.45) is -3.56. The number of methoxy groups -OCH3 is 1. The highest BCUT2D eigenvalue weighted by Gasteiger charge is 2.42. The molecule has 1 unspecified atom stereocenters. The standard InChI is InChI=1S/C8H16O5/c1-13-5-2-4(3-9)6(10)8(12)7(5)11/h4-12H,2-3H2,1H3/t4-,5?,6-,7+,8+/m1/s1. The molecule has 5 nitrogen and oxygen atoms in total. The van der Waals surface area contributed by atoms with E-state index in [2.05, 4.69) is 0 Å². The van der Waals surface area contributed by atoms with Gasteiger partial charge in [0.1, 0.15) is 12.2 Å². The van der Waals surface area contributed by atoms with Crippen LogP contribution in [0.4, 0.5) is 0 Å². The van der Waals surface area contributed by atoms with Gasteiger partial charge in [-0.05, 0) is 6.42 Å². The Kier molecular flexibility index (Phi) is 3.63. The van der Waals surface area contributed by atoms with E-state index < -0.39 is 30.3 Å². The van der Waals surface area contributed by atoms with E-state index in [0.717, 1.165) is 0 Å². The van der Waals surface area contributed by atoms with Crippen molar-refractivity contribution in [1.29, 1.82) is 0 Å². The second-order valence-corrected chi connectivity index (χ2v) is 3.42. The average Bonchev–Trinajstić information content (AvgIpc) is 2.15. The maximum atomic E-state index is 9.40. The molecule has 0 heterocycles. The van der Waals surface area contributed by atoms with Gasteiger partial charge >= 0.3 is 0 Å². The van der Waals surface area contributed by atoms with Crippen molar-refractivity contribution in [2.45, 2.75) is 30.8 Å². The smallest absolute Gasteiger partial charge is 0.109 e. The molecule has 1 aliphatic rings. The molecule has 0 bridgehead atoms. The Morgan fingerprint density at radius 2 is 1.77 bits per heavy atom. The van der Waals surface area contributed by atoms with Crippen LogP contribution >= 0.6 is 0 Å². The Labute approximate surface area is 76.6 Å². The van der Waals surface area contributed by atoms with Gasteiger partial charge in [-0.3, -0.25) is 0 Å². The number of hydrogen-bond acceptors (Lipinski definition) is 5. The first-order valence-corrected chi connectivity index (χ1v) is 4.29. The van der Waals surface area contributed by atoms with Gasteiger partial charge < -0.3 is 25.2 Å². The normalized spacial score (nSPS) is 46.4. The molecule has 0 spiro atoms. The fourth-order valence-electron chi connectivity index (χ4n) is 1.70. The molecule has 4 N–H and O–H groups in total. The zero-order valence-electron chi connectivity index (χ0n) is 7.50. The van der Waals surface area contributed by atoms with Crippen LogP contribution in [-0.4, -0.2) is 58.6 Å². The molecular formula is C8H16O5. The Morgan fingerprint density at radius 1 is 1.15 bits per heavy atom. The SMILES string of the molecule is COC1C[C@H](CO)[C@@H](O)[C@H](O)[C@H]1O. The zero-order chi connectivity index (χ0) is 10.0. The van der Waals surface area contributed by atoms with Crippen LogP contribution in [0.15, 0.2) is 0 Å². The number of aliphatic hydroxyl groups excluding tert-OH is 4. The van der Waals surface area contributed by atoms with Gasteiger partial charge in [-0.2, -0.15) is 0 Å². The van der Waals surface area contributed by atoms with Crippen LogP contribution in [0.5, 0.6) is 0 Å². The van der Waals surface area contributed by atoms with E-state index in [9.17, 15) is 15.3 Å². The predicted octanol–water partition coefficient (Wildman–Crippen LogP) is -1.90. The van der Waals surface area contributed by atoms with Crippen LogP contribution in [0.2, 0.25) is 0 Å². The second-order valence-electron chi connectivity index (χ2n) is 3.42. The van der Waals surface area contributed by atoms with Gasteiger partial charge in [0, 0.05) is 19.6 Å². The summed E-state index contributed by atoms with van der Waals surface area (Å²) in [5.74, 6) is -0.427. The highest BCUT2D eigenvalue weighted by molar-refractivity contribution is 4.92. The summed E-state index contributed by atoms with van der Waals surface area (Å²) in [7, 11) is 1.42. The molecular weight excluding hydrogens is 176 g/mol. The fraction of sp³-hybridized carbons (Fsp3) is 1.00. The lowest BCUT2D eigenvalue weighted by atomic mass is 9.81. The summed E-state index contributed by atoms with van der Waals surface area (Å²) < 4.78 is 4.92. The highest BCUT2D eigenvalue weighted by atomic mass is 16.5. The van der Waals surface area contributed by atoms with Crippen LogP contribution in [0.3, 0.4) is 0 Å². The Hall–Kier alpha value is -0.200. The maximum absolute atomic E-state index is 9.40. The maximum Gasteiger partial charge on any atom is 0.109 e. The quantitative estimate of drug-likeness (QED) is 0.410. The number of ether oxygens (including phenoxy) is 1.